The normalized spacial score (nSPS) is 18.4. The van der Waals surface area contributed by atoms with Crippen LogP contribution in [0.3, 0.4) is 0 Å². The monoisotopic (exact) mass is 202 g/mol. The molecule has 0 atom stereocenters. The van der Waals surface area contributed by atoms with Crippen molar-refractivity contribution in [2.24, 2.45) is 0 Å². The smallest absolute Gasteiger partial charge is 0.111 e. The number of nitrogens with one attached hydrogen (secondary N) is 1. The molecule has 4 nitrogen and oxygen atoms in total. The second kappa shape index (κ2) is 3.62. The summed E-state index contributed by atoms with van der Waals surface area (Å²) >= 11 is 0. The predicted molar refractivity (Wildman–Crippen MR) is 58.7 cm³/mol. The van der Waals surface area contributed by atoms with Crippen molar-refractivity contribution < 1.29 is 0 Å². The van der Waals surface area contributed by atoms with Gasteiger partial charge in [-0.05, 0) is 38.1 Å². The van der Waals surface area contributed by atoms with Gasteiger partial charge in [-0.15, -0.1) is 0 Å². The van der Waals surface area contributed by atoms with Crippen LogP contribution >= 0.6 is 0 Å². The third-order valence-electron chi connectivity index (χ3n) is 2.98. The van der Waals surface area contributed by atoms with Crippen LogP contribution in [0.2, 0.25) is 0 Å². The van der Waals surface area contributed by atoms with Crippen molar-refractivity contribution in [3.8, 4) is 0 Å². The van der Waals surface area contributed by atoms with Gasteiger partial charge >= 0.3 is 0 Å². The van der Waals surface area contributed by atoms with Crippen LogP contribution < -0.4 is 5.32 Å². The van der Waals surface area contributed by atoms with Crippen molar-refractivity contribution in [3.05, 3.63) is 24.5 Å². The third kappa shape index (κ3) is 1.61. The molecule has 0 aromatic carbocycles. The summed E-state index contributed by atoms with van der Waals surface area (Å²) in [5.74, 6) is 0. The van der Waals surface area contributed by atoms with Crippen LogP contribution in [0.1, 0.15) is 18.9 Å². The van der Waals surface area contributed by atoms with E-state index in [1.54, 1.807) is 0 Å². The molecule has 1 N–H and O–H groups in total. The average Bonchev–Trinajstić information content (AvgIpc) is 2.74. The Balaban J connectivity index is 1.96. The van der Waals surface area contributed by atoms with Gasteiger partial charge in [0.2, 0.25) is 0 Å². The number of aromatic nitrogens is 3. The van der Waals surface area contributed by atoms with E-state index in [1.807, 2.05) is 18.3 Å². The zero-order valence-corrected chi connectivity index (χ0v) is 8.56. The van der Waals surface area contributed by atoms with Crippen molar-refractivity contribution >= 4 is 11.0 Å². The van der Waals surface area contributed by atoms with Crippen LogP contribution in [-0.2, 0) is 0 Å². The minimum Gasteiger partial charge on any atom is -0.317 e. The lowest BCUT2D eigenvalue weighted by Crippen LogP contribution is -2.29. The molecule has 0 radical (unpaired) electrons. The van der Waals surface area contributed by atoms with Gasteiger partial charge in [-0.1, -0.05) is 0 Å². The number of nitrogens with zero attached hydrogens (tertiary/aromatic N) is 3. The predicted octanol–water partition coefficient (Wildman–Crippen LogP) is 1.36. The molecule has 0 amide bonds. The maximum atomic E-state index is 4.56. The lowest BCUT2D eigenvalue weighted by molar-refractivity contribution is 0.345. The number of rotatable bonds is 1. The van der Waals surface area contributed by atoms with Crippen LogP contribution in [0.4, 0.5) is 0 Å². The molecule has 0 bridgehead atoms. The van der Waals surface area contributed by atoms with Crippen LogP contribution in [0, 0.1) is 0 Å². The van der Waals surface area contributed by atoms with Crippen LogP contribution in [0.25, 0.3) is 11.0 Å². The quantitative estimate of drug-likeness (QED) is 0.759. The average molecular weight is 202 g/mol. The Morgan fingerprint density at radius 2 is 2.13 bits per heavy atom. The Hall–Kier alpha value is -1.42. The standard InChI is InChI=1S/C11H14N4/c1-2-10-11(13-5-1)8-15(14-10)9-3-6-12-7-4-9/h1-2,5,8-9,12H,3-4,6-7H2. The highest BCUT2D eigenvalue weighted by Gasteiger charge is 2.15. The van der Waals surface area contributed by atoms with Crippen molar-refractivity contribution in [2.45, 2.75) is 18.9 Å². The Labute approximate surface area is 88.3 Å². The molecule has 1 fully saturated rings. The Bertz CT molecular complexity index is 423. The van der Waals surface area contributed by atoms with E-state index in [2.05, 4.69) is 26.3 Å². The fraction of sp³-hybridized carbons (Fsp3) is 0.455. The minimum absolute atomic E-state index is 0.542. The summed E-state index contributed by atoms with van der Waals surface area (Å²) in [6.07, 6.45) is 6.20. The van der Waals surface area contributed by atoms with Gasteiger partial charge in [-0.25, -0.2) is 0 Å². The van der Waals surface area contributed by atoms with Crippen molar-refractivity contribution in [2.75, 3.05) is 13.1 Å². The Morgan fingerprint density at radius 1 is 1.27 bits per heavy atom. The fourth-order valence-corrected chi connectivity index (χ4v) is 2.13. The molecule has 3 heterocycles. The van der Waals surface area contributed by atoms with Gasteiger partial charge in [0.05, 0.1) is 12.2 Å². The molecule has 4 heteroatoms. The Morgan fingerprint density at radius 3 is 2.93 bits per heavy atom. The number of hydrogen-bond acceptors (Lipinski definition) is 3. The summed E-state index contributed by atoms with van der Waals surface area (Å²) in [6.45, 7) is 2.18. The first-order chi connectivity index (χ1) is 7.43. The topological polar surface area (TPSA) is 42.7 Å². The highest BCUT2D eigenvalue weighted by atomic mass is 15.3. The van der Waals surface area contributed by atoms with E-state index in [9.17, 15) is 0 Å². The molecule has 1 aliphatic heterocycles. The maximum absolute atomic E-state index is 4.56. The van der Waals surface area contributed by atoms with E-state index in [4.69, 9.17) is 0 Å². The second-order valence-electron chi connectivity index (χ2n) is 4.00. The molecule has 3 rings (SSSR count). The molecular formula is C11H14N4. The summed E-state index contributed by atoms with van der Waals surface area (Å²) < 4.78 is 2.08. The van der Waals surface area contributed by atoms with Crippen molar-refractivity contribution in [3.63, 3.8) is 0 Å². The van der Waals surface area contributed by atoms with Crippen molar-refractivity contribution in [1.82, 2.24) is 20.1 Å². The van der Waals surface area contributed by atoms with Crippen LogP contribution in [0.15, 0.2) is 24.5 Å². The summed E-state index contributed by atoms with van der Waals surface area (Å²) in [5.41, 5.74) is 1.99. The number of hydrogen-bond donors (Lipinski definition) is 1. The van der Waals surface area contributed by atoms with Gasteiger partial charge in [-0.2, -0.15) is 5.10 Å². The van der Waals surface area contributed by atoms with Crippen LogP contribution in [-0.4, -0.2) is 27.9 Å². The Kier molecular flexibility index (Phi) is 2.14. The number of piperidine rings is 1. The highest BCUT2D eigenvalue weighted by Crippen LogP contribution is 2.19. The van der Waals surface area contributed by atoms with Gasteiger partial charge in [0.15, 0.2) is 0 Å². The fourth-order valence-electron chi connectivity index (χ4n) is 2.13. The molecule has 2 aromatic rings. The van der Waals surface area contributed by atoms with Gasteiger partial charge in [0.25, 0.3) is 0 Å². The molecule has 2 aromatic heterocycles. The van der Waals surface area contributed by atoms with Crippen molar-refractivity contribution in [1.29, 1.82) is 0 Å². The van der Waals surface area contributed by atoms with Gasteiger partial charge < -0.3 is 5.32 Å². The van der Waals surface area contributed by atoms with E-state index in [1.165, 1.54) is 0 Å². The third-order valence-corrected chi connectivity index (χ3v) is 2.98. The summed E-state index contributed by atoms with van der Waals surface area (Å²) in [4.78, 5) is 4.30. The van der Waals surface area contributed by atoms with E-state index in [0.29, 0.717) is 6.04 Å². The SMILES string of the molecule is c1cnc2cn(C3CCNCC3)nc2c1. The highest BCUT2D eigenvalue weighted by molar-refractivity contribution is 5.72. The minimum atomic E-state index is 0.542. The van der Waals surface area contributed by atoms with Crippen LogP contribution in [0.5, 0.6) is 0 Å². The lowest BCUT2D eigenvalue weighted by atomic mass is 10.1. The maximum Gasteiger partial charge on any atom is 0.111 e. The summed E-state index contributed by atoms with van der Waals surface area (Å²) in [7, 11) is 0. The van der Waals surface area contributed by atoms with E-state index in [-0.39, 0.29) is 0 Å². The first-order valence-corrected chi connectivity index (χ1v) is 5.44. The number of fused-ring (bicyclic) bond motifs is 1. The zero-order valence-electron chi connectivity index (χ0n) is 8.56. The zero-order chi connectivity index (χ0) is 10.1. The molecule has 0 spiro atoms. The molecule has 1 aliphatic rings. The second-order valence-corrected chi connectivity index (χ2v) is 4.00. The van der Waals surface area contributed by atoms with E-state index < -0.39 is 0 Å². The molecular weight excluding hydrogens is 188 g/mol. The largest absolute Gasteiger partial charge is 0.317 e. The molecule has 0 saturated carbocycles. The first kappa shape index (κ1) is 8.85. The summed E-state index contributed by atoms with van der Waals surface area (Å²) in [6, 6.07) is 4.49. The molecule has 0 unspecified atom stereocenters. The van der Waals surface area contributed by atoms with Gasteiger partial charge in [0, 0.05) is 6.20 Å². The van der Waals surface area contributed by atoms with E-state index in [0.717, 1.165) is 37.0 Å². The molecule has 0 aliphatic carbocycles. The number of pyridine rings is 1. The molecule has 15 heavy (non-hydrogen) atoms. The lowest BCUT2D eigenvalue weighted by Gasteiger charge is -2.22. The van der Waals surface area contributed by atoms with Gasteiger partial charge in [-0.3, -0.25) is 9.67 Å². The van der Waals surface area contributed by atoms with E-state index >= 15 is 0 Å². The first-order valence-electron chi connectivity index (χ1n) is 5.44. The van der Waals surface area contributed by atoms with Gasteiger partial charge in [0.1, 0.15) is 11.0 Å². The molecule has 1 saturated heterocycles. The summed E-state index contributed by atoms with van der Waals surface area (Å²) in [5, 5.41) is 7.92. The molecule has 78 valence electrons.